The van der Waals surface area contributed by atoms with E-state index in [0.29, 0.717) is 0 Å². The third-order valence-electron chi connectivity index (χ3n) is 3.04. The van der Waals surface area contributed by atoms with E-state index < -0.39 is 20.2 Å². The first-order valence-electron chi connectivity index (χ1n) is 6.40. The molecule has 0 atom stereocenters. The zero-order valence-electron chi connectivity index (χ0n) is 11.1. The molecule has 3 rings (SSSR count). The van der Waals surface area contributed by atoms with Crippen LogP contribution in [0.1, 0.15) is 0 Å². The summed E-state index contributed by atoms with van der Waals surface area (Å²) in [7, 11) is 0. The zero-order valence-corrected chi connectivity index (χ0v) is 16.2. The molecule has 0 saturated heterocycles. The molecule has 3 radical (unpaired) electrons. The first kappa shape index (κ1) is 15.7. The molecule has 0 aliphatic carbocycles. The predicted octanol–water partition coefficient (Wildman–Crippen LogP) is 1.82. The van der Waals surface area contributed by atoms with Gasteiger partial charge in [0.25, 0.3) is 0 Å². The van der Waals surface area contributed by atoms with Gasteiger partial charge in [0.2, 0.25) is 0 Å². The van der Waals surface area contributed by atoms with E-state index in [1.54, 1.807) is 0 Å². The van der Waals surface area contributed by atoms with E-state index in [9.17, 15) is 0 Å². The second-order valence-electron chi connectivity index (χ2n) is 4.34. The molecule has 0 heterocycles. The summed E-state index contributed by atoms with van der Waals surface area (Å²) in [6.07, 6.45) is 0. The minimum absolute atomic E-state index is 0. The fraction of sp³-hybridized carbons (Fsp3) is 0. The molecule has 97 valence electrons. The molecule has 0 amide bonds. The molecule has 2 heteroatoms. The Balaban J connectivity index is 0.00000147. The molecule has 3 aromatic rings. The van der Waals surface area contributed by atoms with Gasteiger partial charge in [0.1, 0.15) is 0 Å². The summed E-state index contributed by atoms with van der Waals surface area (Å²) in [5.74, 6) is 0. The Labute approximate surface area is 145 Å². The molecule has 0 nitrogen and oxygen atoms in total. The van der Waals surface area contributed by atoms with Crippen molar-refractivity contribution in [1.29, 1.82) is 0 Å². The monoisotopic (exact) mass is 473 g/mol. The first-order chi connectivity index (χ1) is 9.45. The van der Waals surface area contributed by atoms with Gasteiger partial charge in [0.05, 0.1) is 0 Å². The summed E-state index contributed by atoms with van der Waals surface area (Å²) in [5, 5.41) is 0. The van der Waals surface area contributed by atoms with Crippen LogP contribution in [-0.4, -0.2) is 44.6 Å². The summed E-state index contributed by atoms with van der Waals surface area (Å²) in [5.41, 5.74) is 0. The van der Waals surface area contributed by atoms with Crippen LogP contribution in [0.2, 0.25) is 0 Å². The maximum absolute atomic E-state index is 2.28. The molecular weight excluding hydrogens is 460 g/mol. The summed E-state index contributed by atoms with van der Waals surface area (Å²) in [6, 6.07) is 32.9. The van der Waals surface area contributed by atoms with Crippen LogP contribution in [0.4, 0.5) is 0 Å². The van der Waals surface area contributed by atoms with E-state index in [2.05, 4.69) is 91.0 Å². The van der Waals surface area contributed by atoms with Gasteiger partial charge in [-0.25, -0.2) is 0 Å². The van der Waals surface area contributed by atoms with Gasteiger partial charge < -0.3 is 0 Å². The Morgan fingerprint density at radius 3 is 0.900 bits per heavy atom. The first-order valence-corrected chi connectivity index (χ1v) is 10.2. The second kappa shape index (κ2) is 7.92. The van der Waals surface area contributed by atoms with Crippen LogP contribution in [0.15, 0.2) is 91.0 Å². The van der Waals surface area contributed by atoms with Gasteiger partial charge in [-0.05, 0) is 0 Å². The minimum atomic E-state index is -1.83. The van der Waals surface area contributed by atoms with Crippen molar-refractivity contribution in [3.05, 3.63) is 91.0 Å². The van der Waals surface area contributed by atoms with Gasteiger partial charge in [-0.1, -0.05) is 0 Å². The van der Waals surface area contributed by atoms with Crippen molar-refractivity contribution >= 4 is 55.2 Å². The Hall–Kier alpha value is -0.704. The summed E-state index contributed by atoms with van der Waals surface area (Å²) in [4.78, 5) is 0. The molecule has 0 aliphatic heterocycles. The summed E-state index contributed by atoms with van der Waals surface area (Å²) in [6.45, 7) is 0. The third-order valence-corrected chi connectivity index (χ3v) is 10.0. The van der Waals surface area contributed by atoms with Crippen molar-refractivity contribution < 1.29 is 0 Å². The molecule has 0 unspecified atom stereocenters. The van der Waals surface area contributed by atoms with Crippen LogP contribution in [0.3, 0.4) is 0 Å². The topological polar surface area (TPSA) is 0 Å². The van der Waals surface area contributed by atoms with Crippen molar-refractivity contribution in [2.75, 3.05) is 0 Å². The molecule has 3 aromatic carbocycles. The van der Waals surface area contributed by atoms with E-state index in [0.717, 1.165) is 0 Å². The van der Waals surface area contributed by atoms with Crippen molar-refractivity contribution in [2.24, 2.45) is 0 Å². The number of rotatable bonds is 3. The molecule has 0 bridgehead atoms. The van der Waals surface area contributed by atoms with Crippen LogP contribution in [0, 0.1) is 0 Å². The second-order valence-corrected chi connectivity index (χ2v) is 10.7. The summed E-state index contributed by atoms with van der Waals surface area (Å²) < 4.78 is 4.55. The molecule has 0 aliphatic rings. The van der Waals surface area contributed by atoms with E-state index in [1.807, 2.05) is 0 Å². The summed E-state index contributed by atoms with van der Waals surface area (Å²) >= 11 is -1.83. The van der Waals surface area contributed by atoms with E-state index in [1.165, 1.54) is 10.5 Å². The zero-order chi connectivity index (χ0) is 12.9. The fourth-order valence-electron chi connectivity index (χ4n) is 2.18. The van der Waals surface area contributed by atoms with Crippen LogP contribution >= 0.6 is 0 Å². The molecule has 20 heavy (non-hydrogen) atoms. The van der Waals surface area contributed by atoms with Crippen LogP contribution in [-0.2, 0) is 0 Å². The predicted molar refractivity (Wildman–Crippen MR) is 89.7 cm³/mol. The quantitative estimate of drug-likeness (QED) is 0.508. The van der Waals surface area contributed by atoms with Crippen LogP contribution in [0.25, 0.3) is 0 Å². The third kappa shape index (κ3) is 3.69. The average molecular weight is 475 g/mol. The van der Waals surface area contributed by atoms with Crippen molar-refractivity contribution in [3.63, 3.8) is 0 Å². The van der Waals surface area contributed by atoms with Gasteiger partial charge in [-0.15, -0.1) is 0 Å². The molecule has 0 N–H and O–H groups in total. The molecule has 0 spiro atoms. The fourth-order valence-corrected chi connectivity index (χ4v) is 8.76. The Morgan fingerprint density at radius 1 is 0.400 bits per heavy atom. The van der Waals surface area contributed by atoms with Gasteiger partial charge in [-0.2, -0.15) is 0 Å². The normalized spacial score (nSPS) is 10.1. The van der Waals surface area contributed by atoms with Gasteiger partial charge in [-0.3, -0.25) is 0 Å². The Bertz CT molecular complexity index is 527. The SMILES string of the molecule is [Sb].c1cc[c]([Sb]([c]2ccccc2)[c]2ccccc2)cc1. The van der Waals surface area contributed by atoms with Gasteiger partial charge in [0, 0.05) is 24.4 Å². The number of hydrogen-bond acceptors (Lipinski definition) is 0. The van der Waals surface area contributed by atoms with Gasteiger partial charge >= 0.3 is 122 Å². The van der Waals surface area contributed by atoms with Crippen molar-refractivity contribution in [3.8, 4) is 0 Å². The molecule has 0 fully saturated rings. The van der Waals surface area contributed by atoms with Crippen molar-refractivity contribution in [2.45, 2.75) is 0 Å². The van der Waals surface area contributed by atoms with Crippen molar-refractivity contribution in [1.82, 2.24) is 0 Å². The molecular formula is C18H15Sb2. The standard InChI is InChI=1S/3C6H5.2Sb/c3*1-2-4-6-5-3-1;;/h3*1-5H;;. The van der Waals surface area contributed by atoms with E-state index in [4.69, 9.17) is 0 Å². The maximum atomic E-state index is 2.28. The number of benzene rings is 3. The molecule has 0 aromatic heterocycles. The number of hydrogen-bond donors (Lipinski definition) is 0. The Morgan fingerprint density at radius 2 is 0.650 bits per heavy atom. The van der Waals surface area contributed by atoms with Crippen LogP contribution in [0.5, 0.6) is 0 Å². The average Bonchev–Trinajstić information content (AvgIpc) is 2.51. The van der Waals surface area contributed by atoms with E-state index >= 15 is 0 Å². The Kier molecular flexibility index (Phi) is 6.21. The van der Waals surface area contributed by atoms with Gasteiger partial charge in [0.15, 0.2) is 0 Å². The van der Waals surface area contributed by atoms with E-state index in [-0.39, 0.29) is 24.4 Å². The van der Waals surface area contributed by atoms with Crippen LogP contribution < -0.4 is 10.5 Å². The molecule has 0 saturated carbocycles.